The summed E-state index contributed by atoms with van der Waals surface area (Å²) >= 11 is 0. The van der Waals surface area contributed by atoms with Crippen molar-refractivity contribution in [3.05, 3.63) is 59.7 Å². The molecule has 2 unspecified atom stereocenters. The average molecular weight is 618 g/mol. The van der Waals surface area contributed by atoms with Gasteiger partial charge in [-0.15, -0.1) is 0 Å². The minimum absolute atomic E-state index is 0.386. The van der Waals surface area contributed by atoms with Gasteiger partial charge in [-0.1, -0.05) is 49.4 Å². The van der Waals surface area contributed by atoms with Crippen LogP contribution in [0.4, 0.5) is 37.7 Å². The zero-order valence-corrected chi connectivity index (χ0v) is 23.4. The summed E-state index contributed by atoms with van der Waals surface area (Å²) in [7, 11) is 1.56. The number of carbonyl (C=O) groups is 3. The maximum atomic E-state index is 13.2. The van der Waals surface area contributed by atoms with E-state index in [-0.39, 0.29) is 0 Å². The molecule has 0 bridgehead atoms. The number of para-hydroxylation sites is 1. The number of nitrogens with two attached hydrogens (primary N) is 1. The van der Waals surface area contributed by atoms with Crippen molar-refractivity contribution in [2.45, 2.75) is 51.1 Å². The van der Waals surface area contributed by atoms with E-state index in [4.69, 9.17) is 10.5 Å². The fourth-order valence-corrected chi connectivity index (χ4v) is 3.85. The molecule has 0 aromatic heterocycles. The second-order valence-corrected chi connectivity index (χ2v) is 9.38. The van der Waals surface area contributed by atoms with E-state index < -0.39 is 67.8 Å². The van der Waals surface area contributed by atoms with E-state index in [1.54, 1.807) is 49.6 Å². The summed E-state index contributed by atoms with van der Waals surface area (Å²) in [5.41, 5.74) is 7.78. The van der Waals surface area contributed by atoms with E-state index in [9.17, 15) is 40.7 Å². The van der Waals surface area contributed by atoms with Crippen LogP contribution in [-0.4, -0.2) is 62.2 Å². The van der Waals surface area contributed by atoms with Gasteiger partial charge in [0.25, 0.3) is 5.91 Å². The third-order valence-electron chi connectivity index (χ3n) is 6.02. The largest absolute Gasteiger partial charge is 0.389 e. The van der Waals surface area contributed by atoms with E-state index in [2.05, 4.69) is 20.9 Å². The number of alkyl halides is 6. The number of nitrogens with zero attached hydrogens (tertiary/aromatic N) is 1. The van der Waals surface area contributed by atoms with Gasteiger partial charge in [0.1, 0.15) is 0 Å². The van der Waals surface area contributed by atoms with Crippen LogP contribution in [-0.2, 0) is 19.1 Å². The van der Waals surface area contributed by atoms with Crippen molar-refractivity contribution in [2.75, 3.05) is 30.9 Å². The Hall–Kier alpha value is -4.14. The molecule has 2 aromatic rings. The highest BCUT2D eigenvalue weighted by Crippen LogP contribution is 2.31. The van der Waals surface area contributed by atoms with Crippen molar-refractivity contribution >= 4 is 34.8 Å². The molecule has 15 heteroatoms. The van der Waals surface area contributed by atoms with Crippen LogP contribution in [0.5, 0.6) is 0 Å². The van der Waals surface area contributed by atoms with Crippen molar-refractivity contribution in [3.63, 3.8) is 0 Å². The quantitative estimate of drug-likeness (QED) is 0.213. The van der Waals surface area contributed by atoms with Gasteiger partial charge in [0, 0.05) is 50.0 Å². The molecule has 0 fully saturated rings. The molecular weight excluding hydrogens is 584 g/mol. The first kappa shape index (κ1) is 35.1. The summed E-state index contributed by atoms with van der Waals surface area (Å²) in [6.07, 6.45) is -13.2. The van der Waals surface area contributed by atoms with Gasteiger partial charge in [-0.05, 0) is 12.5 Å². The molecule has 1 heterocycles. The van der Waals surface area contributed by atoms with Gasteiger partial charge in [-0.3, -0.25) is 14.4 Å². The highest BCUT2D eigenvalue weighted by molar-refractivity contribution is 6.21. The molecule has 0 spiro atoms. The lowest BCUT2D eigenvalue weighted by Gasteiger charge is -2.19. The molecule has 0 saturated carbocycles. The summed E-state index contributed by atoms with van der Waals surface area (Å²) in [6, 6.07) is 14.2. The number of aliphatic imine (C=N–C) groups is 1. The number of halogens is 6. The lowest BCUT2D eigenvalue weighted by Crippen LogP contribution is -2.45. The fourth-order valence-electron chi connectivity index (χ4n) is 3.85. The van der Waals surface area contributed by atoms with Gasteiger partial charge in [-0.25, -0.2) is 4.99 Å². The fraction of sp³-hybridized carbons (Fsp3) is 0.429. The highest BCUT2D eigenvalue weighted by Gasteiger charge is 2.34. The highest BCUT2D eigenvalue weighted by atomic mass is 19.4. The number of nitrogens with one attached hydrogen (secondary N) is 3. The predicted octanol–water partition coefficient (Wildman–Crippen LogP) is 4.77. The molecule has 0 radical (unpaired) electrons. The molecule has 1 aliphatic rings. The van der Waals surface area contributed by atoms with Crippen LogP contribution in [0.15, 0.2) is 53.5 Å². The lowest BCUT2D eigenvalue weighted by atomic mass is 9.97. The first-order valence-corrected chi connectivity index (χ1v) is 13.2. The summed E-state index contributed by atoms with van der Waals surface area (Å²) < 4.78 is 75.8. The number of primary amides is 1. The van der Waals surface area contributed by atoms with Gasteiger partial charge < -0.3 is 26.4 Å². The molecular formula is C28H33F6N5O4. The van der Waals surface area contributed by atoms with Crippen molar-refractivity contribution < 1.29 is 45.5 Å². The molecule has 43 heavy (non-hydrogen) atoms. The second kappa shape index (κ2) is 15.9. The lowest BCUT2D eigenvalue weighted by molar-refractivity contribution is -0.143. The van der Waals surface area contributed by atoms with Gasteiger partial charge >= 0.3 is 12.4 Å². The summed E-state index contributed by atoms with van der Waals surface area (Å²) in [4.78, 5) is 42.0. The molecule has 236 valence electrons. The van der Waals surface area contributed by atoms with E-state index in [1.807, 2.05) is 6.07 Å². The van der Waals surface area contributed by atoms with Gasteiger partial charge in [0.15, 0.2) is 0 Å². The molecule has 2 atom stereocenters. The predicted molar refractivity (Wildman–Crippen MR) is 148 cm³/mol. The van der Waals surface area contributed by atoms with Crippen LogP contribution < -0.4 is 21.7 Å². The van der Waals surface area contributed by atoms with Crippen molar-refractivity contribution in [1.29, 1.82) is 0 Å². The zero-order chi connectivity index (χ0) is 32.2. The van der Waals surface area contributed by atoms with E-state index in [1.165, 1.54) is 0 Å². The number of benzene rings is 2. The Bertz CT molecular complexity index is 1270. The monoisotopic (exact) mass is 617 g/mol. The smallest absolute Gasteiger partial charge is 0.383 e. The normalized spacial score (nSPS) is 15.5. The first-order valence-electron chi connectivity index (χ1n) is 13.2. The SMILES string of the molecule is CCC(F)(F)F.COCCNc1cccc2c1NC(=O)C(NC(=O)C(CCC(F)(F)F)CC(N)=O)N=C2c1ccccc1. The van der Waals surface area contributed by atoms with E-state index in [0.29, 0.717) is 41.4 Å². The maximum absolute atomic E-state index is 13.2. The number of hydrogen-bond acceptors (Lipinski definition) is 6. The molecule has 5 N–H and O–H groups in total. The Morgan fingerprint density at radius 3 is 2.26 bits per heavy atom. The number of amides is 3. The average Bonchev–Trinajstić information content (AvgIpc) is 3.07. The minimum Gasteiger partial charge on any atom is -0.383 e. The Labute approximate surface area is 244 Å². The Morgan fingerprint density at radius 1 is 1.05 bits per heavy atom. The van der Waals surface area contributed by atoms with Crippen LogP contribution in [0.25, 0.3) is 0 Å². The van der Waals surface area contributed by atoms with Crippen molar-refractivity contribution in [2.24, 2.45) is 16.6 Å². The summed E-state index contributed by atoms with van der Waals surface area (Å²) in [6.45, 7) is 1.95. The van der Waals surface area contributed by atoms with Crippen LogP contribution in [0.1, 0.15) is 43.7 Å². The van der Waals surface area contributed by atoms with Gasteiger partial charge in [0.2, 0.25) is 18.0 Å². The summed E-state index contributed by atoms with van der Waals surface area (Å²) in [5.74, 6) is -3.93. The van der Waals surface area contributed by atoms with Crippen LogP contribution in [0.2, 0.25) is 0 Å². The Kier molecular flexibility index (Phi) is 13.0. The van der Waals surface area contributed by atoms with Gasteiger partial charge in [-0.2, -0.15) is 26.3 Å². The number of fused-ring (bicyclic) bond motifs is 1. The number of carbonyl (C=O) groups excluding carboxylic acids is 3. The Balaban J connectivity index is 0.000000973. The van der Waals surface area contributed by atoms with Crippen LogP contribution in [0, 0.1) is 5.92 Å². The van der Waals surface area contributed by atoms with E-state index >= 15 is 0 Å². The van der Waals surface area contributed by atoms with Crippen molar-refractivity contribution in [3.8, 4) is 0 Å². The van der Waals surface area contributed by atoms with Crippen molar-refractivity contribution in [1.82, 2.24) is 5.32 Å². The van der Waals surface area contributed by atoms with Gasteiger partial charge in [0.05, 0.1) is 23.7 Å². The molecule has 9 nitrogen and oxygen atoms in total. The number of anilines is 2. The minimum atomic E-state index is -4.53. The van der Waals surface area contributed by atoms with Crippen LogP contribution >= 0.6 is 0 Å². The summed E-state index contributed by atoms with van der Waals surface area (Å²) in [5, 5.41) is 8.35. The number of methoxy groups -OCH3 is 1. The zero-order valence-electron chi connectivity index (χ0n) is 23.4. The second-order valence-electron chi connectivity index (χ2n) is 9.38. The third-order valence-corrected chi connectivity index (χ3v) is 6.02. The standard InChI is InChI=1S/C25H28F3N5O4.C3H5F3/c1-37-13-12-30-18-9-5-8-17-20(15-6-3-2-4-7-15)31-22(24(36)32-21(17)18)33-23(35)16(14-19(29)34)10-11-25(26,27)28;1-2-3(4,5)6/h2-9,16,22,30H,10-14H2,1H3,(H2,29,34)(H,32,36)(H,33,35);2H2,1H3. The van der Waals surface area contributed by atoms with Crippen LogP contribution in [0.3, 0.4) is 0 Å². The molecule has 0 saturated heterocycles. The molecule has 2 aromatic carbocycles. The molecule has 3 amide bonds. The number of rotatable bonds is 11. The molecule has 3 rings (SSSR count). The first-order chi connectivity index (χ1) is 20.1. The molecule has 0 aliphatic carbocycles. The third kappa shape index (κ3) is 11.9. The topological polar surface area (TPSA) is 135 Å². The number of benzodiazepines with no additional fused rings is 1. The number of ether oxygens (including phenoxy) is 1. The van der Waals surface area contributed by atoms with E-state index in [0.717, 1.165) is 6.92 Å². The Morgan fingerprint density at radius 2 is 1.70 bits per heavy atom. The molecule has 1 aliphatic heterocycles. The maximum Gasteiger partial charge on any atom is 0.389 e. The number of hydrogen-bond donors (Lipinski definition) is 4.